The molecule has 1 aromatic heterocycles. The number of aliphatic hydroxyl groups is 1. The number of rotatable bonds is 5. The summed E-state index contributed by atoms with van der Waals surface area (Å²) < 4.78 is 0. The first-order chi connectivity index (χ1) is 8.65. The molecule has 1 fully saturated rings. The minimum atomic E-state index is -0.234. The lowest BCUT2D eigenvalue weighted by Gasteiger charge is -2.22. The molecule has 0 spiro atoms. The topological polar surface area (TPSA) is 33.1 Å². The number of hydrogen-bond donors (Lipinski definition) is 1. The Balaban J connectivity index is 1.72. The molecule has 0 aromatic carbocycles. The summed E-state index contributed by atoms with van der Waals surface area (Å²) in [5.74, 6) is 0.863. The van der Waals surface area contributed by atoms with Gasteiger partial charge in [-0.05, 0) is 26.7 Å². The van der Waals surface area contributed by atoms with Gasteiger partial charge in [-0.3, -0.25) is 0 Å². The van der Waals surface area contributed by atoms with Gasteiger partial charge in [0.2, 0.25) is 0 Å². The first kappa shape index (κ1) is 14.4. The summed E-state index contributed by atoms with van der Waals surface area (Å²) in [4.78, 5) is 5.77. The van der Waals surface area contributed by atoms with Crippen LogP contribution in [0.2, 0.25) is 0 Å². The van der Waals surface area contributed by atoms with Crippen LogP contribution in [-0.4, -0.2) is 27.2 Å². The van der Waals surface area contributed by atoms with Crippen LogP contribution in [0.25, 0.3) is 0 Å². The Morgan fingerprint density at radius 1 is 1.33 bits per heavy atom. The molecule has 0 amide bonds. The van der Waals surface area contributed by atoms with Gasteiger partial charge in [-0.1, -0.05) is 19.3 Å². The molecule has 0 bridgehead atoms. The first-order valence-corrected chi connectivity index (χ1v) is 8.74. The number of nitrogens with zero attached hydrogens (tertiary/aromatic N) is 1. The van der Waals surface area contributed by atoms with Gasteiger partial charge in [0, 0.05) is 22.3 Å². The van der Waals surface area contributed by atoms with Gasteiger partial charge < -0.3 is 5.11 Å². The Bertz CT molecular complexity index is 352. The molecule has 1 aliphatic carbocycles. The molecule has 4 heteroatoms. The fraction of sp³-hybridized carbons (Fsp3) is 0.786. The van der Waals surface area contributed by atoms with E-state index in [2.05, 4.69) is 11.9 Å². The normalized spacial score (nSPS) is 19.1. The van der Waals surface area contributed by atoms with Gasteiger partial charge >= 0.3 is 0 Å². The maximum absolute atomic E-state index is 10.1. The molecule has 0 radical (unpaired) electrons. The average Bonchev–Trinajstić information content (AvgIpc) is 2.67. The molecule has 1 aliphatic rings. The van der Waals surface area contributed by atoms with Crippen molar-refractivity contribution in [2.75, 3.05) is 5.75 Å². The Morgan fingerprint density at radius 2 is 2.06 bits per heavy atom. The summed E-state index contributed by atoms with van der Waals surface area (Å²) in [6, 6.07) is 0. The van der Waals surface area contributed by atoms with Gasteiger partial charge in [-0.25, -0.2) is 4.98 Å². The SMILES string of the molecule is Cc1nc(CC(O)CSC2CCCCC2)sc1C. The second-order valence-corrected chi connectivity index (χ2v) is 7.82. The minimum Gasteiger partial charge on any atom is -0.392 e. The monoisotopic (exact) mass is 285 g/mol. The van der Waals surface area contributed by atoms with Crippen LogP contribution in [-0.2, 0) is 6.42 Å². The molecule has 18 heavy (non-hydrogen) atoms. The van der Waals surface area contributed by atoms with Crippen molar-refractivity contribution < 1.29 is 5.11 Å². The quantitative estimate of drug-likeness (QED) is 0.895. The Morgan fingerprint density at radius 3 is 2.67 bits per heavy atom. The molecule has 1 heterocycles. The van der Waals surface area contributed by atoms with Gasteiger partial charge in [0.15, 0.2) is 0 Å². The highest BCUT2D eigenvalue weighted by atomic mass is 32.2. The van der Waals surface area contributed by atoms with Crippen molar-refractivity contribution in [3.05, 3.63) is 15.6 Å². The molecular formula is C14H23NOS2. The van der Waals surface area contributed by atoms with Gasteiger partial charge in [0.05, 0.1) is 16.8 Å². The number of aliphatic hydroxyl groups excluding tert-OH is 1. The van der Waals surface area contributed by atoms with Crippen molar-refractivity contribution in [1.82, 2.24) is 4.98 Å². The van der Waals surface area contributed by atoms with E-state index in [-0.39, 0.29) is 6.10 Å². The molecule has 1 saturated carbocycles. The molecule has 1 unspecified atom stereocenters. The predicted octanol–water partition coefficient (Wildman–Crippen LogP) is 3.73. The van der Waals surface area contributed by atoms with Crippen LogP contribution in [0.1, 0.15) is 47.7 Å². The van der Waals surface area contributed by atoms with Crippen LogP contribution in [0.4, 0.5) is 0 Å². The van der Waals surface area contributed by atoms with E-state index in [0.717, 1.165) is 28.1 Å². The van der Waals surface area contributed by atoms with E-state index in [1.165, 1.54) is 37.0 Å². The summed E-state index contributed by atoms with van der Waals surface area (Å²) in [6.07, 6.45) is 7.31. The molecule has 0 aliphatic heterocycles. The number of thioether (sulfide) groups is 1. The molecule has 1 atom stereocenters. The number of aryl methyl sites for hydroxylation is 2. The van der Waals surface area contributed by atoms with E-state index in [1.54, 1.807) is 11.3 Å². The minimum absolute atomic E-state index is 0.234. The van der Waals surface area contributed by atoms with Crippen molar-refractivity contribution in [3.63, 3.8) is 0 Å². The van der Waals surface area contributed by atoms with E-state index in [9.17, 15) is 5.11 Å². The third kappa shape index (κ3) is 4.25. The smallest absolute Gasteiger partial charge is 0.0956 e. The van der Waals surface area contributed by atoms with Gasteiger partial charge in [0.25, 0.3) is 0 Å². The molecule has 1 N–H and O–H groups in total. The van der Waals surface area contributed by atoms with Gasteiger partial charge in [-0.2, -0.15) is 11.8 Å². The number of hydrogen-bond acceptors (Lipinski definition) is 4. The Labute approximate surface area is 118 Å². The highest BCUT2D eigenvalue weighted by Gasteiger charge is 2.16. The van der Waals surface area contributed by atoms with Crippen molar-refractivity contribution in [2.24, 2.45) is 0 Å². The zero-order valence-corrected chi connectivity index (χ0v) is 12.9. The van der Waals surface area contributed by atoms with Crippen molar-refractivity contribution in [2.45, 2.75) is 63.7 Å². The standard InChI is InChI=1S/C14H23NOS2/c1-10-11(2)18-14(15-10)8-12(16)9-17-13-6-4-3-5-7-13/h12-13,16H,3-9H2,1-2H3. The summed E-state index contributed by atoms with van der Waals surface area (Å²) in [7, 11) is 0. The largest absolute Gasteiger partial charge is 0.392 e. The summed E-state index contributed by atoms with van der Waals surface area (Å²) in [5.41, 5.74) is 1.11. The molecule has 2 rings (SSSR count). The maximum atomic E-state index is 10.1. The fourth-order valence-corrected chi connectivity index (χ4v) is 4.65. The van der Waals surface area contributed by atoms with E-state index in [0.29, 0.717) is 0 Å². The summed E-state index contributed by atoms with van der Waals surface area (Å²) in [6.45, 7) is 4.14. The van der Waals surface area contributed by atoms with Crippen molar-refractivity contribution in [1.29, 1.82) is 0 Å². The summed E-state index contributed by atoms with van der Waals surface area (Å²) >= 11 is 3.69. The molecular weight excluding hydrogens is 262 g/mol. The molecule has 0 saturated heterocycles. The molecule has 102 valence electrons. The van der Waals surface area contributed by atoms with E-state index in [1.807, 2.05) is 18.7 Å². The van der Waals surface area contributed by atoms with Gasteiger partial charge in [0.1, 0.15) is 0 Å². The zero-order valence-electron chi connectivity index (χ0n) is 11.3. The third-order valence-electron chi connectivity index (χ3n) is 3.56. The van der Waals surface area contributed by atoms with Crippen LogP contribution < -0.4 is 0 Å². The molecule has 2 nitrogen and oxygen atoms in total. The second kappa shape index (κ2) is 6.92. The Kier molecular flexibility index (Phi) is 5.52. The highest BCUT2D eigenvalue weighted by molar-refractivity contribution is 7.99. The van der Waals surface area contributed by atoms with E-state index < -0.39 is 0 Å². The zero-order chi connectivity index (χ0) is 13.0. The lowest BCUT2D eigenvalue weighted by molar-refractivity contribution is 0.199. The van der Waals surface area contributed by atoms with Crippen LogP contribution in [0, 0.1) is 13.8 Å². The van der Waals surface area contributed by atoms with E-state index >= 15 is 0 Å². The molecule has 1 aromatic rings. The van der Waals surface area contributed by atoms with Crippen LogP contribution >= 0.6 is 23.1 Å². The average molecular weight is 285 g/mol. The van der Waals surface area contributed by atoms with E-state index in [4.69, 9.17) is 0 Å². The predicted molar refractivity (Wildman–Crippen MR) is 80.6 cm³/mol. The van der Waals surface area contributed by atoms with Crippen molar-refractivity contribution >= 4 is 23.1 Å². The first-order valence-electron chi connectivity index (χ1n) is 6.87. The fourth-order valence-electron chi connectivity index (χ4n) is 2.37. The lowest BCUT2D eigenvalue weighted by atomic mass is 10.0. The van der Waals surface area contributed by atoms with Crippen LogP contribution in [0.3, 0.4) is 0 Å². The summed E-state index contributed by atoms with van der Waals surface area (Å²) in [5, 5.41) is 11.9. The third-order valence-corrected chi connectivity index (χ3v) is 6.17. The van der Waals surface area contributed by atoms with Crippen LogP contribution in [0.5, 0.6) is 0 Å². The van der Waals surface area contributed by atoms with Crippen LogP contribution in [0.15, 0.2) is 0 Å². The number of aromatic nitrogens is 1. The van der Waals surface area contributed by atoms with Crippen molar-refractivity contribution in [3.8, 4) is 0 Å². The number of thiazole rings is 1. The lowest BCUT2D eigenvalue weighted by Crippen LogP contribution is -2.17. The Hall–Kier alpha value is -0.0600. The second-order valence-electron chi connectivity index (χ2n) is 5.20. The van der Waals surface area contributed by atoms with Gasteiger partial charge in [-0.15, -0.1) is 11.3 Å². The highest BCUT2D eigenvalue weighted by Crippen LogP contribution is 2.29. The maximum Gasteiger partial charge on any atom is 0.0956 e.